The highest BCUT2D eigenvalue weighted by Crippen LogP contribution is 2.20. The molecule has 6 heteroatoms. The number of rotatable bonds is 3. The van der Waals surface area contributed by atoms with Crippen LogP contribution in [0.25, 0.3) is 11.4 Å². The Hall–Kier alpha value is -2.31. The van der Waals surface area contributed by atoms with E-state index in [0.717, 1.165) is 35.7 Å². The Morgan fingerprint density at radius 2 is 1.83 bits per heavy atom. The lowest BCUT2D eigenvalue weighted by Crippen LogP contribution is -2.32. The van der Waals surface area contributed by atoms with Gasteiger partial charge in [0.1, 0.15) is 0 Å². The number of hydrogen-bond acceptors (Lipinski definition) is 4. The van der Waals surface area contributed by atoms with Gasteiger partial charge in [-0.25, -0.2) is 4.68 Å². The van der Waals surface area contributed by atoms with E-state index in [0.29, 0.717) is 6.67 Å². The molecular weight excluding hydrogens is 318 g/mol. The van der Waals surface area contributed by atoms with Gasteiger partial charge >= 0.3 is 0 Å². The maximum atomic E-state index is 5.58. The molecule has 0 aliphatic carbocycles. The molecule has 24 heavy (non-hydrogen) atoms. The molecule has 1 aliphatic rings. The van der Waals surface area contributed by atoms with Crippen LogP contribution in [0.15, 0.2) is 48.8 Å². The van der Waals surface area contributed by atoms with Crippen molar-refractivity contribution in [1.82, 2.24) is 24.2 Å². The van der Waals surface area contributed by atoms with Gasteiger partial charge in [-0.1, -0.05) is 24.3 Å². The number of benzene rings is 1. The third kappa shape index (κ3) is 2.79. The first-order chi connectivity index (χ1) is 11.7. The Morgan fingerprint density at radius 1 is 1.08 bits per heavy atom. The normalized spacial score (nSPS) is 14.5. The predicted molar refractivity (Wildman–Crippen MR) is 95.8 cm³/mol. The van der Waals surface area contributed by atoms with Crippen molar-refractivity contribution < 1.29 is 0 Å². The van der Waals surface area contributed by atoms with E-state index in [4.69, 9.17) is 17.3 Å². The van der Waals surface area contributed by atoms with Crippen molar-refractivity contribution >= 4 is 12.2 Å². The number of nitrogens with zero attached hydrogens (tertiary/aromatic N) is 5. The van der Waals surface area contributed by atoms with E-state index in [1.54, 1.807) is 12.4 Å². The van der Waals surface area contributed by atoms with Gasteiger partial charge in [0.05, 0.1) is 6.67 Å². The molecule has 3 aromatic rings. The molecule has 0 fully saturated rings. The lowest BCUT2D eigenvalue weighted by atomic mass is 10.0. The van der Waals surface area contributed by atoms with Gasteiger partial charge in [0.25, 0.3) is 0 Å². The fourth-order valence-electron chi connectivity index (χ4n) is 3.20. The second-order valence-electron chi connectivity index (χ2n) is 6.11. The SMILES string of the molecule is Cn1c(-c2ccncc2)nn(CN2CCc3ccccc3C2)c1=S. The molecule has 5 nitrogen and oxygen atoms in total. The lowest BCUT2D eigenvalue weighted by molar-refractivity contribution is 0.188. The second kappa shape index (κ2) is 6.30. The zero-order chi connectivity index (χ0) is 16.5. The first kappa shape index (κ1) is 15.2. The molecule has 4 rings (SSSR count). The van der Waals surface area contributed by atoms with Gasteiger partial charge in [-0.15, -0.1) is 0 Å². The quantitative estimate of drug-likeness (QED) is 0.689. The van der Waals surface area contributed by atoms with Crippen LogP contribution in [0.4, 0.5) is 0 Å². The van der Waals surface area contributed by atoms with E-state index < -0.39 is 0 Å². The maximum absolute atomic E-state index is 5.58. The van der Waals surface area contributed by atoms with Crippen LogP contribution in [0.2, 0.25) is 0 Å². The van der Waals surface area contributed by atoms with Crippen LogP contribution in [0.3, 0.4) is 0 Å². The molecular formula is C18H19N5S. The summed E-state index contributed by atoms with van der Waals surface area (Å²) in [6, 6.07) is 12.6. The summed E-state index contributed by atoms with van der Waals surface area (Å²) < 4.78 is 4.61. The van der Waals surface area contributed by atoms with Gasteiger partial charge < -0.3 is 4.57 Å². The summed E-state index contributed by atoms with van der Waals surface area (Å²) in [4.78, 5) is 6.46. The molecule has 0 saturated heterocycles. The summed E-state index contributed by atoms with van der Waals surface area (Å²) in [6.45, 7) is 2.69. The highest BCUT2D eigenvalue weighted by molar-refractivity contribution is 7.71. The lowest BCUT2D eigenvalue weighted by Gasteiger charge is -2.28. The number of fused-ring (bicyclic) bond motifs is 1. The minimum Gasteiger partial charge on any atom is -0.303 e. The molecule has 0 saturated carbocycles. The van der Waals surface area contributed by atoms with Crippen LogP contribution >= 0.6 is 12.2 Å². The second-order valence-corrected chi connectivity index (χ2v) is 6.48. The van der Waals surface area contributed by atoms with Crippen LogP contribution in [0, 0.1) is 4.77 Å². The van der Waals surface area contributed by atoms with Crippen LogP contribution in [0.1, 0.15) is 11.1 Å². The summed E-state index contributed by atoms with van der Waals surface area (Å²) in [7, 11) is 1.97. The van der Waals surface area contributed by atoms with E-state index in [9.17, 15) is 0 Å². The van der Waals surface area contributed by atoms with Gasteiger partial charge in [-0.3, -0.25) is 9.88 Å². The van der Waals surface area contributed by atoms with Crippen molar-refractivity contribution in [1.29, 1.82) is 0 Å². The summed E-state index contributed by atoms with van der Waals surface area (Å²) in [5, 5.41) is 4.74. The van der Waals surface area contributed by atoms with Crippen molar-refractivity contribution in [2.24, 2.45) is 7.05 Å². The average molecular weight is 337 g/mol. The first-order valence-corrected chi connectivity index (χ1v) is 8.46. The standard InChI is InChI=1S/C18H19N5S/c1-21-17(15-6-9-19-10-7-15)20-23(18(21)24)13-22-11-8-14-4-2-3-5-16(14)12-22/h2-7,9-10H,8,11-13H2,1H3. The van der Waals surface area contributed by atoms with Gasteiger partial charge in [-0.2, -0.15) is 5.10 Å². The zero-order valence-electron chi connectivity index (χ0n) is 13.6. The summed E-state index contributed by atoms with van der Waals surface area (Å²) in [5.41, 5.74) is 3.89. The van der Waals surface area contributed by atoms with Crippen LogP contribution in [-0.4, -0.2) is 30.8 Å². The number of pyridine rings is 1. The summed E-state index contributed by atoms with van der Waals surface area (Å²) in [5.74, 6) is 0.875. The maximum Gasteiger partial charge on any atom is 0.199 e. The number of hydrogen-bond donors (Lipinski definition) is 0. The van der Waals surface area contributed by atoms with Crippen LogP contribution in [-0.2, 0) is 26.7 Å². The molecule has 0 radical (unpaired) electrons. The smallest absolute Gasteiger partial charge is 0.199 e. The van der Waals surface area contributed by atoms with E-state index in [-0.39, 0.29) is 0 Å². The van der Waals surface area contributed by atoms with Crippen molar-refractivity contribution in [3.63, 3.8) is 0 Å². The Balaban J connectivity index is 1.59. The molecule has 0 bridgehead atoms. The minimum atomic E-state index is 0.714. The van der Waals surface area contributed by atoms with E-state index >= 15 is 0 Å². The van der Waals surface area contributed by atoms with Crippen molar-refractivity contribution in [3.05, 3.63) is 64.7 Å². The minimum absolute atomic E-state index is 0.714. The van der Waals surface area contributed by atoms with Gasteiger partial charge in [-0.05, 0) is 41.9 Å². The van der Waals surface area contributed by atoms with E-state index in [2.05, 4.69) is 34.1 Å². The fraction of sp³-hybridized carbons (Fsp3) is 0.278. The van der Waals surface area contributed by atoms with Crippen molar-refractivity contribution in [2.75, 3.05) is 6.54 Å². The summed E-state index contributed by atoms with van der Waals surface area (Å²) >= 11 is 5.58. The van der Waals surface area contributed by atoms with E-state index in [1.165, 1.54) is 11.1 Å². The Morgan fingerprint density at radius 3 is 2.62 bits per heavy atom. The third-order valence-corrected chi connectivity index (χ3v) is 5.01. The molecule has 3 heterocycles. The van der Waals surface area contributed by atoms with Gasteiger partial charge in [0, 0.05) is 38.1 Å². The Labute approximate surface area is 146 Å². The molecule has 1 aromatic carbocycles. The monoisotopic (exact) mass is 337 g/mol. The van der Waals surface area contributed by atoms with Crippen molar-refractivity contribution in [2.45, 2.75) is 19.6 Å². The molecule has 2 aromatic heterocycles. The molecule has 0 atom stereocenters. The molecule has 1 aliphatic heterocycles. The highest BCUT2D eigenvalue weighted by atomic mass is 32.1. The Bertz CT molecular complexity index is 913. The molecule has 0 amide bonds. The zero-order valence-corrected chi connectivity index (χ0v) is 14.4. The fourth-order valence-corrected chi connectivity index (χ4v) is 3.38. The molecule has 0 spiro atoms. The highest BCUT2D eigenvalue weighted by Gasteiger charge is 2.18. The van der Waals surface area contributed by atoms with Crippen LogP contribution < -0.4 is 0 Å². The average Bonchev–Trinajstić information content (AvgIpc) is 2.91. The molecule has 0 N–H and O–H groups in total. The first-order valence-electron chi connectivity index (χ1n) is 8.06. The third-order valence-electron chi connectivity index (χ3n) is 4.52. The summed E-state index contributed by atoms with van der Waals surface area (Å²) in [6.07, 6.45) is 4.63. The van der Waals surface area contributed by atoms with Gasteiger partial charge in [0.2, 0.25) is 0 Å². The van der Waals surface area contributed by atoms with Crippen molar-refractivity contribution in [3.8, 4) is 11.4 Å². The topological polar surface area (TPSA) is 38.9 Å². The largest absolute Gasteiger partial charge is 0.303 e. The Kier molecular flexibility index (Phi) is 4.00. The van der Waals surface area contributed by atoms with Gasteiger partial charge in [0.15, 0.2) is 10.6 Å². The predicted octanol–water partition coefficient (Wildman–Crippen LogP) is 3.03. The van der Waals surface area contributed by atoms with E-state index in [1.807, 2.05) is 28.4 Å². The molecule has 122 valence electrons. The van der Waals surface area contributed by atoms with Crippen LogP contribution in [0.5, 0.6) is 0 Å². The molecule has 0 unspecified atom stereocenters. The number of aromatic nitrogens is 4.